The van der Waals surface area contributed by atoms with E-state index in [4.69, 9.17) is 11.6 Å². The average molecular weight is 360 g/mol. The van der Waals surface area contributed by atoms with Gasteiger partial charge in [-0.1, -0.05) is 23.7 Å². The highest BCUT2D eigenvalue weighted by Crippen LogP contribution is 2.15. The van der Waals surface area contributed by atoms with E-state index in [9.17, 15) is 9.59 Å². The predicted octanol–water partition coefficient (Wildman–Crippen LogP) is 3.87. The first-order valence-electron chi connectivity index (χ1n) is 8.22. The minimum absolute atomic E-state index is 0.0434. The largest absolute Gasteiger partial charge is 0.376 e. The number of rotatable bonds is 7. The molecule has 0 aliphatic heterocycles. The topological polar surface area (TPSA) is 61.4 Å². The molecule has 2 aromatic carbocycles. The number of carbonyl (C=O) groups is 2. The summed E-state index contributed by atoms with van der Waals surface area (Å²) in [5, 5.41) is 6.40. The molecule has 0 fully saturated rings. The monoisotopic (exact) mass is 359 g/mol. The lowest BCUT2D eigenvalue weighted by atomic mass is 10.1. The molecule has 0 aromatic heterocycles. The quantitative estimate of drug-likeness (QED) is 0.788. The molecule has 25 heavy (non-hydrogen) atoms. The molecule has 0 saturated carbocycles. The first-order valence-corrected chi connectivity index (χ1v) is 8.60. The van der Waals surface area contributed by atoms with Gasteiger partial charge in [0.05, 0.1) is 6.54 Å². The van der Waals surface area contributed by atoms with Crippen molar-refractivity contribution >= 4 is 34.8 Å². The van der Waals surface area contributed by atoms with E-state index in [1.54, 1.807) is 41.3 Å². The van der Waals surface area contributed by atoms with Crippen LogP contribution in [0.4, 0.5) is 11.4 Å². The molecule has 2 amide bonds. The molecule has 132 valence electrons. The van der Waals surface area contributed by atoms with Crippen LogP contribution in [0.15, 0.2) is 48.5 Å². The third-order valence-electron chi connectivity index (χ3n) is 3.72. The van der Waals surface area contributed by atoms with Crippen LogP contribution >= 0.6 is 11.6 Å². The third-order valence-corrected chi connectivity index (χ3v) is 3.96. The van der Waals surface area contributed by atoms with E-state index in [-0.39, 0.29) is 18.4 Å². The smallest absolute Gasteiger partial charge is 0.253 e. The third kappa shape index (κ3) is 5.50. The first-order chi connectivity index (χ1) is 12.0. The molecule has 0 heterocycles. The Morgan fingerprint density at radius 1 is 1.00 bits per heavy atom. The standard InChI is InChI=1S/C19H22ClN3O2/c1-3-23(4-2)19(25)14-7-5-10-17(11-14)22-18(24)13-21-16-9-6-8-15(20)12-16/h5-12,21H,3-4,13H2,1-2H3,(H,22,24). The van der Waals surface area contributed by atoms with Crippen molar-refractivity contribution in [3.63, 3.8) is 0 Å². The van der Waals surface area contributed by atoms with Crippen molar-refractivity contribution in [2.75, 3.05) is 30.3 Å². The molecule has 2 N–H and O–H groups in total. The summed E-state index contributed by atoms with van der Waals surface area (Å²) < 4.78 is 0. The number of benzene rings is 2. The van der Waals surface area contributed by atoms with Gasteiger partial charge in [0.25, 0.3) is 5.91 Å². The highest BCUT2D eigenvalue weighted by Gasteiger charge is 2.13. The fraction of sp³-hybridized carbons (Fsp3) is 0.263. The van der Waals surface area contributed by atoms with Crippen LogP contribution in [0.2, 0.25) is 5.02 Å². The minimum atomic E-state index is -0.201. The maximum absolute atomic E-state index is 12.4. The van der Waals surface area contributed by atoms with Crippen LogP contribution in [0.1, 0.15) is 24.2 Å². The zero-order valence-corrected chi connectivity index (χ0v) is 15.1. The van der Waals surface area contributed by atoms with Gasteiger partial charge in [-0.15, -0.1) is 0 Å². The lowest BCUT2D eigenvalue weighted by Gasteiger charge is -2.19. The lowest BCUT2D eigenvalue weighted by Crippen LogP contribution is -2.30. The lowest BCUT2D eigenvalue weighted by molar-refractivity contribution is -0.114. The van der Waals surface area contributed by atoms with Crippen molar-refractivity contribution in [1.29, 1.82) is 0 Å². The fourth-order valence-corrected chi connectivity index (χ4v) is 2.60. The summed E-state index contributed by atoms with van der Waals surface area (Å²) in [5.74, 6) is -0.245. The summed E-state index contributed by atoms with van der Waals surface area (Å²) in [6, 6.07) is 14.1. The Balaban J connectivity index is 1.97. The Labute approximate surface area is 153 Å². The number of nitrogens with zero attached hydrogens (tertiary/aromatic N) is 1. The minimum Gasteiger partial charge on any atom is -0.376 e. The SMILES string of the molecule is CCN(CC)C(=O)c1cccc(NC(=O)CNc2cccc(Cl)c2)c1. The molecule has 0 saturated heterocycles. The Morgan fingerprint density at radius 2 is 1.68 bits per heavy atom. The molecule has 0 radical (unpaired) electrons. The Morgan fingerprint density at radius 3 is 2.36 bits per heavy atom. The van der Waals surface area contributed by atoms with Gasteiger partial charge < -0.3 is 15.5 Å². The number of nitrogens with one attached hydrogen (secondary N) is 2. The van der Waals surface area contributed by atoms with Crippen molar-refractivity contribution in [3.05, 3.63) is 59.1 Å². The Hall–Kier alpha value is -2.53. The summed E-state index contributed by atoms with van der Waals surface area (Å²) in [5.41, 5.74) is 1.92. The molecule has 5 nitrogen and oxygen atoms in total. The maximum atomic E-state index is 12.4. The molecule has 2 rings (SSSR count). The van der Waals surface area contributed by atoms with Crippen molar-refractivity contribution in [1.82, 2.24) is 4.90 Å². The first kappa shape index (κ1) is 18.8. The molecule has 0 aliphatic rings. The van der Waals surface area contributed by atoms with E-state index in [2.05, 4.69) is 10.6 Å². The number of hydrogen-bond donors (Lipinski definition) is 2. The number of amides is 2. The molecule has 0 bridgehead atoms. The van der Waals surface area contributed by atoms with E-state index in [0.29, 0.717) is 29.4 Å². The fourth-order valence-electron chi connectivity index (χ4n) is 2.41. The molecule has 6 heteroatoms. The number of carbonyl (C=O) groups excluding carboxylic acids is 2. The second kappa shape index (κ2) is 9.08. The molecule has 0 spiro atoms. The zero-order chi connectivity index (χ0) is 18.2. The molecule has 2 aromatic rings. The summed E-state index contributed by atoms with van der Waals surface area (Å²) in [4.78, 5) is 26.2. The van der Waals surface area contributed by atoms with Crippen molar-refractivity contribution in [2.45, 2.75) is 13.8 Å². The summed E-state index contributed by atoms with van der Waals surface area (Å²) in [7, 11) is 0. The average Bonchev–Trinajstić information content (AvgIpc) is 2.61. The Kier molecular flexibility index (Phi) is 6.83. The molecule has 0 unspecified atom stereocenters. The maximum Gasteiger partial charge on any atom is 0.253 e. The Bertz CT molecular complexity index is 745. The highest BCUT2D eigenvalue weighted by molar-refractivity contribution is 6.30. The van der Waals surface area contributed by atoms with Crippen LogP contribution in [-0.2, 0) is 4.79 Å². The van der Waals surface area contributed by atoms with Crippen LogP contribution in [-0.4, -0.2) is 36.3 Å². The van der Waals surface area contributed by atoms with E-state index in [1.807, 2.05) is 26.0 Å². The van der Waals surface area contributed by atoms with Crippen molar-refractivity contribution in [3.8, 4) is 0 Å². The second-order valence-electron chi connectivity index (χ2n) is 5.47. The predicted molar refractivity (Wildman–Crippen MR) is 102 cm³/mol. The van der Waals surface area contributed by atoms with Gasteiger partial charge in [0.2, 0.25) is 5.91 Å². The van der Waals surface area contributed by atoms with Gasteiger partial charge in [0.15, 0.2) is 0 Å². The van der Waals surface area contributed by atoms with E-state index >= 15 is 0 Å². The van der Waals surface area contributed by atoms with Gasteiger partial charge in [-0.05, 0) is 50.2 Å². The van der Waals surface area contributed by atoms with Gasteiger partial charge in [-0.3, -0.25) is 9.59 Å². The van der Waals surface area contributed by atoms with Gasteiger partial charge in [-0.2, -0.15) is 0 Å². The van der Waals surface area contributed by atoms with Crippen LogP contribution in [0.5, 0.6) is 0 Å². The van der Waals surface area contributed by atoms with Gasteiger partial charge in [0, 0.05) is 35.1 Å². The van der Waals surface area contributed by atoms with E-state index in [1.165, 1.54) is 0 Å². The van der Waals surface area contributed by atoms with Crippen LogP contribution in [0.3, 0.4) is 0 Å². The zero-order valence-electron chi connectivity index (χ0n) is 14.4. The van der Waals surface area contributed by atoms with Gasteiger partial charge in [0.1, 0.15) is 0 Å². The highest BCUT2D eigenvalue weighted by atomic mass is 35.5. The summed E-state index contributed by atoms with van der Waals surface area (Å²) >= 11 is 5.91. The second-order valence-corrected chi connectivity index (χ2v) is 5.91. The van der Waals surface area contributed by atoms with Gasteiger partial charge >= 0.3 is 0 Å². The molecular formula is C19H22ClN3O2. The number of hydrogen-bond acceptors (Lipinski definition) is 3. The molecule has 0 aliphatic carbocycles. The van der Waals surface area contributed by atoms with Crippen molar-refractivity contribution < 1.29 is 9.59 Å². The van der Waals surface area contributed by atoms with Crippen LogP contribution in [0.25, 0.3) is 0 Å². The van der Waals surface area contributed by atoms with Crippen LogP contribution < -0.4 is 10.6 Å². The van der Waals surface area contributed by atoms with E-state index < -0.39 is 0 Å². The summed E-state index contributed by atoms with van der Waals surface area (Å²) in [6.07, 6.45) is 0. The number of anilines is 2. The van der Waals surface area contributed by atoms with E-state index in [0.717, 1.165) is 5.69 Å². The normalized spacial score (nSPS) is 10.2. The molecular weight excluding hydrogens is 338 g/mol. The summed E-state index contributed by atoms with van der Waals surface area (Å²) in [6.45, 7) is 5.28. The van der Waals surface area contributed by atoms with Crippen LogP contribution in [0, 0.1) is 0 Å². The number of halogens is 1. The molecule has 0 atom stereocenters. The van der Waals surface area contributed by atoms with Gasteiger partial charge in [-0.25, -0.2) is 0 Å². The van der Waals surface area contributed by atoms with Crippen molar-refractivity contribution in [2.24, 2.45) is 0 Å².